The van der Waals surface area contributed by atoms with Crippen LogP contribution in [0.3, 0.4) is 0 Å². The molecular formula is C23H22N4. The van der Waals surface area contributed by atoms with Gasteiger partial charge in [-0.1, -0.05) is 30.3 Å². The van der Waals surface area contributed by atoms with E-state index in [-0.39, 0.29) is 0 Å². The Balaban J connectivity index is 1.63. The topological polar surface area (TPSA) is 34.0 Å². The molecule has 0 N–H and O–H groups in total. The first-order chi connectivity index (χ1) is 13.2. The quantitative estimate of drug-likeness (QED) is 0.541. The molecule has 27 heavy (non-hydrogen) atoms. The second-order valence-electron chi connectivity index (χ2n) is 7.46. The van der Waals surface area contributed by atoms with Crippen molar-refractivity contribution < 1.29 is 0 Å². The molecule has 1 unspecified atom stereocenters. The zero-order valence-electron chi connectivity index (χ0n) is 15.6. The molecule has 1 atom stereocenters. The van der Waals surface area contributed by atoms with E-state index in [0.29, 0.717) is 5.92 Å². The Morgan fingerprint density at radius 1 is 0.963 bits per heavy atom. The van der Waals surface area contributed by atoms with Gasteiger partial charge in [0, 0.05) is 49.0 Å². The van der Waals surface area contributed by atoms with E-state index in [1.165, 1.54) is 27.7 Å². The molecule has 2 aromatic heterocycles. The third kappa shape index (κ3) is 2.73. The fourth-order valence-electron chi connectivity index (χ4n) is 4.36. The molecule has 0 saturated carbocycles. The third-order valence-corrected chi connectivity index (χ3v) is 5.67. The molecule has 0 bridgehead atoms. The van der Waals surface area contributed by atoms with Crippen LogP contribution in [0.25, 0.3) is 22.2 Å². The molecule has 134 valence electrons. The van der Waals surface area contributed by atoms with Gasteiger partial charge in [0.15, 0.2) is 0 Å². The average molecular weight is 354 g/mol. The van der Waals surface area contributed by atoms with Gasteiger partial charge >= 0.3 is 0 Å². The minimum Gasteiger partial charge on any atom is -0.347 e. The molecule has 2 aromatic carbocycles. The summed E-state index contributed by atoms with van der Waals surface area (Å²) < 4.78 is 2.35. The van der Waals surface area contributed by atoms with Crippen molar-refractivity contribution >= 4 is 10.9 Å². The number of rotatable bonds is 2. The molecule has 1 aliphatic heterocycles. The highest BCUT2D eigenvalue weighted by Gasteiger charge is 2.27. The smallest absolute Gasteiger partial charge is 0.0929 e. The summed E-state index contributed by atoms with van der Waals surface area (Å²) in [6.07, 6.45) is 1.71. The van der Waals surface area contributed by atoms with Crippen LogP contribution in [0.1, 0.15) is 22.7 Å². The summed E-state index contributed by atoms with van der Waals surface area (Å²) >= 11 is 0. The van der Waals surface area contributed by atoms with E-state index >= 15 is 0 Å². The van der Waals surface area contributed by atoms with Gasteiger partial charge in [0.25, 0.3) is 0 Å². The van der Waals surface area contributed by atoms with Crippen LogP contribution in [-0.2, 0) is 13.6 Å². The van der Waals surface area contributed by atoms with E-state index < -0.39 is 0 Å². The number of fused-ring (bicyclic) bond motifs is 2. The summed E-state index contributed by atoms with van der Waals surface area (Å²) in [6, 6.07) is 21.7. The SMILES string of the molecule is CN1Cc2cc(-c3cccnn3)ccc2C(c2cc3ccccc3n2C)C1. The van der Waals surface area contributed by atoms with Crippen molar-refractivity contribution in [2.24, 2.45) is 7.05 Å². The minimum absolute atomic E-state index is 0.368. The monoisotopic (exact) mass is 354 g/mol. The van der Waals surface area contributed by atoms with Gasteiger partial charge in [0.05, 0.1) is 5.69 Å². The van der Waals surface area contributed by atoms with Gasteiger partial charge in [-0.2, -0.15) is 10.2 Å². The molecular weight excluding hydrogens is 332 g/mol. The van der Waals surface area contributed by atoms with Gasteiger partial charge in [-0.15, -0.1) is 0 Å². The van der Waals surface area contributed by atoms with Gasteiger partial charge < -0.3 is 9.47 Å². The van der Waals surface area contributed by atoms with Gasteiger partial charge in [-0.05, 0) is 53.9 Å². The maximum atomic E-state index is 4.27. The lowest BCUT2D eigenvalue weighted by Crippen LogP contribution is -2.31. The van der Waals surface area contributed by atoms with Crippen LogP contribution in [-0.4, -0.2) is 33.3 Å². The van der Waals surface area contributed by atoms with Crippen molar-refractivity contribution in [1.29, 1.82) is 0 Å². The number of nitrogens with zero attached hydrogens (tertiary/aromatic N) is 4. The van der Waals surface area contributed by atoms with Crippen LogP contribution in [0.2, 0.25) is 0 Å². The number of hydrogen-bond donors (Lipinski definition) is 0. The first kappa shape index (κ1) is 16.2. The molecule has 0 saturated heterocycles. The number of aromatic nitrogens is 3. The normalized spacial score (nSPS) is 17.2. The molecule has 0 radical (unpaired) electrons. The highest BCUT2D eigenvalue weighted by atomic mass is 15.1. The predicted molar refractivity (Wildman–Crippen MR) is 109 cm³/mol. The molecule has 4 nitrogen and oxygen atoms in total. The molecule has 3 heterocycles. The van der Waals surface area contributed by atoms with E-state index in [9.17, 15) is 0 Å². The van der Waals surface area contributed by atoms with Crippen molar-refractivity contribution in [2.45, 2.75) is 12.5 Å². The Morgan fingerprint density at radius 3 is 2.67 bits per heavy atom. The molecule has 5 rings (SSSR count). The zero-order valence-corrected chi connectivity index (χ0v) is 15.6. The Hall–Kier alpha value is -2.98. The van der Waals surface area contributed by atoms with E-state index in [1.54, 1.807) is 6.20 Å². The first-order valence-electron chi connectivity index (χ1n) is 9.34. The molecule has 0 fully saturated rings. The second kappa shape index (κ2) is 6.32. The summed E-state index contributed by atoms with van der Waals surface area (Å²) in [4.78, 5) is 2.41. The van der Waals surface area contributed by atoms with Gasteiger partial charge in [-0.3, -0.25) is 0 Å². The van der Waals surface area contributed by atoms with Crippen LogP contribution < -0.4 is 0 Å². The Kier molecular flexibility index (Phi) is 3.80. The first-order valence-corrected chi connectivity index (χ1v) is 9.34. The van der Waals surface area contributed by atoms with Crippen LogP contribution in [0.4, 0.5) is 0 Å². The van der Waals surface area contributed by atoms with Crippen LogP contribution in [0.15, 0.2) is 66.9 Å². The Morgan fingerprint density at radius 2 is 1.85 bits per heavy atom. The lowest BCUT2D eigenvalue weighted by atomic mass is 9.86. The second-order valence-corrected chi connectivity index (χ2v) is 7.46. The number of aryl methyl sites for hydroxylation is 1. The molecule has 1 aliphatic rings. The lowest BCUT2D eigenvalue weighted by Gasteiger charge is -2.33. The Bertz CT molecular complexity index is 1110. The van der Waals surface area contributed by atoms with Crippen molar-refractivity contribution in [1.82, 2.24) is 19.7 Å². The largest absolute Gasteiger partial charge is 0.347 e. The maximum absolute atomic E-state index is 4.27. The molecule has 0 amide bonds. The molecule has 4 aromatic rings. The highest BCUT2D eigenvalue weighted by Crippen LogP contribution is 2.36. The zero-order chi connectivity index (χ0) is 18.4. The van der Waals surface area contributed by atoms with E-state index in [2.05, 4.69) is 82.3 Å². The van der Waals surface area contributed by atoms with Crippen LogP contribution in [0.5, 0.6) is 0 Å². The van der Waals surface area contributed by atoms with Gasteiger partial charge in [-0.25, -0.2) is 0 Å². The number of likely N-dealkylation sites (N-methyl/N-ethyl adjacent to an activating group) is 1. The van der Waals surface area contributed by atoms with Crippen molar-refractivity contribution in [2.75, 3.05) is 13.6 Å². The van der Waals surface area contributed by atoms with E-state index in [4.69, 9.17) is 0 Å². The maximum Gasteiger partial charge on any atom is 0.0929 e. The summed E-state index contributed by atoms with van der Waals surface area (Å²) in [5.74, 6) is 0.368. The third-order valence-electron chi connectivity index (χ3n) is 5.67. The Labute approximate surface area is 159 Å². The fourth-order valence-corrected chi connectivity index (χ4v) is 4.36. The van der Waals surface area contributed by atoms with Crippen molar-refractivity contribution in [3.63, 3.8) is 0 Å². The number of hydrogen-bond acceptors (Lipinski definition) is 3. The fraction of sp³-hybridized carbons (Fsp3) is 0.217. The molecule has 0 spiro atoms. The van der Waals surface area contributed by atoms with Gasteiger partial charge in [0.2, 0.25) is 0 Å². The summed E-state index contributed by atoms with van der Waals surface area (Å²) in [7, 11) is 4.38. The van der Waals surface area contributed by atoms with E-state index in [1.807, 2.05) is 12.1 Å². The minimum atomic E-state index is 0.368. The van der Waals surface area contributed by atoms with E-state index in [0.717, 1.165) is 24.3 Å². The predicted octanol–water partition coefficient (Wildman–Crippen LogP) is 4.21. The van der Waals surface area contributed by atoms with Crippen molar-refractivity contribution in [3.8, 4) is 11.3 Å². The number of para-hydroxylation sites is 1. The average Bonchev–Trinajstić information content (AvgIpc) is 3.04. The molecule has 4 heteroatoms. The molecule has 0 aliphatic carbocycles. The summed E-state index contributed by atoms with van der Waals surface area (Å²) in [5, 5.41) is 9.60. The lowest BCUT2D eigenvalue weighted by molar-refractivity contribution is 0.292. The summed E-state index contributed by atoms with van der Waals surface area (Å²) in [5.41, 5.74) is 7.52. The summed E-state index contributed by atoms with van der Waals surface area (Å²) in [6.45, 7) is 1.99. The van der Waals surface area contributed by atoms with Crippen molar-refractivity contribution in [3.05, 3.63) is 83.7 Å². The van der Waals surface area contributed by atoms with Gasteiger partial charge in [0.1, 0.15) is 0 Å². The highest BCUT2D eigenvalue weighted by molar-refractivity contribution is 5.81. The van der Waals surface area contributed by atoms with Crippen LogP contribution in [0, 0.1) is 0 Å². The van der Waals surface area contributed by atoms with Crippen LogP contribution >= 0.6 is 0 Å². The standard InChI is InChI=1S/C23H22N4/c1-26-14-18-12-16(21-7-5-11-24-25-21)9-10-19(18)20(15-26)23-13-17-6-3-4-8-22(17)27(23)2/h3-13,20H,14-15H2,1-2H3. The number of benzene rings is 2.